The van der Waals surface area contributed by atoms with Crippen molar-refractivity contribution in [1.82, 2.24) is 0 Å². The van der Waals surface area contributed by atoms with Crippen LogP contribution in [-0.2, 0) is 14.3 Å². The molecule has 4 heteroatoms. The van der Waals surface area contributed by atoms with Crippen LogP contribution in [-0.4, -0.2) is 23.1 Å². The summed E-state index contributed by atoms with van der Waals surface area (Å²) in [5, 5.41) is 8.43. The Labute approximate surface area is 77.2 Å². The van der Waals surface area contributed by atoms with Crippen LogP contribution in [0.4, 0.5) is 0 Å². The number of carbonyl (C=O) groups excluding carboxylic acids is 1. The van der Waals surface area contributed by atoms with E-state index < -0.39 is 11.9 Å². The zero-order chi connectivity index (χ0) is 10.4. The van der Waals surface area contributed by atoms with E-state index in [0.29, 0.717) is 0 Å². The number of carboxylic acids is 1. The Balaban J connectivity index is 3.71. The Morgan fingerprint density at radius 1 is 1.38 bits per heavy atom. The van der Waals surface area contributed by atoms with Gasteiger partial charge < -0.3 is 9.84 Å². The first-order valence-electron chi connectivity index (χ1n) is 4.04. The number of hydrogen-bond acceptors (Lipinski definition) is 3. The van der Waals surface area contributed by atoms with E-state index in [1.807, 2.05) is 0 Å². The molecule has 0 amide bonds. The van der Waals surface area contributed by atoms with Crippen LogP contribution in [0.2, 0.25) is 0 Å². The molecule has 0 bridgehead atoms. The Bertz CT molecular complexity index is 218. The predicted molar refractivity (Wildman–Crippen MR) is 47.2 cm³/mol. The Morgan fingerprint density at radius 2 is 1.92 bits per heavy atom. The summed E-state index contributed by atoms with van der Waals surface area (Å²) in [5.74, 6) is -1.46. The lowest BCUT2D eigenvalue weighted by atomic mass is 10.2. The first-order valence-corrected chi connectivity index (χ1v) is 4.04. The molecular weight excluding hydrogens is 172 g/mol. The lowest BCUT2D eigenvalue weighted by Crippen LogP contribution is -2.12. The van der Waals surface area contributed by atoms with Crippen molar-refractivity contribution in [2.24, 2.45) is 0 Å². The number of carboxylic acid groups (broad SMARTS) is 1. The molecule has 0 aromatic heterocycles. The van der Waals surface area contributed by atoms with Gasteiger partial charge in [-0.3, -0.25) is 4.79 Å². The quantitative estimate of drug-likeness (QED) is 0.520. The zero-order valence-electron chi connectivity index (χ0n) is 7.87. The monoisotopic (exact) mass is 186 g/mol. The Morgan fingerprint density at radius 3 is 2.31 bits per heavy atom. The highest BCUT2D eigenvalue weighted by Gasteiger charge is 2.09. The van der Waals surface area contributed by atoms with Gasteiger partial charge in [-0.1, -0.05) is 6.58 Å². The highest BCUT2D eigenvalue weighted by atomic mass is 16.5. The molecule has 0 saturated heterocycles. The molecule has 1 N–H and O–H groups in total. The molecule has 0 saturated carbocycles. The Kier molecular flexibility index (Phi) is 4.80. The molecule has 0 aliphatic heterocycles. The number of ether oxygens (including phenoxy) is 1. The van der Waals surface area contributed by atoms with E-state index in [1.54, 1.807) is 13.8 Å². The summed E-state index contributed by atoms with van der Waals surface area (Å²) >= 11 is 0. The van der Waals surface area contributed by atoms with E-state index in [9.17, 15) is 9.59 Å². The summed E-state index contributed by atoms with van der Waals surface area (Å²) in [7, 11) is 0. The molecule has 0 heterocycles. The van der Waals surface area contributed by atoms with Gasteiger partial charge in [0.25, 0.3) is 0 Å². The summed E-state index contributed by atoms with van der Waals surface area (Å²) in [5.41, 5.74) is 0.0284. The molecule has 0 radical (unpaired) electrons. The van der Waals surface area contributed by atoms with Crippen molar-refractivity contribution < 1.29 is 19.4 Å². The van der Waals surface area contributed by atoms with Crippen molar-refractivity contribution in [3.63, 3.8) is 0 Å². The van der Waals surface area contributed by atoms with Crippen molar-refractivity contribution in [1.29, 1.82) is 0 Å². The zero-order valence-corrected chi connectivity index (χ0v) is 7.87. The fourth-order valence-electron chi connectivity index (χ4n) is 0.682. The van der Waals surface area contributed by atoms with Crippen molar-refractivity contribution in [2.75, 3.05) is 0 Å². The van der Waals surface area contributed by atoms with Gasteiger partial charge >= 0.3 is 11.9 Å². The van der Waals surface area contributed by atoms with Crippen molar-refractivity contribution in [3.8, 4) is 0 Å². The fourth-order valence-corrected chi connectivity index (χ4v) is 0.682. The second-order valence-electron chi connectivity index (χ2n) is 2.95. The molecule has 0 aliphatic carbocycles. The summed E-state index contributed by atoms with van der Waals surface area (Å²) in [6.07, 6.45) is 0.0510. The maximum atomic E-state index is 10.9. The van der Waals surface area contributed by atoms with Crippen molar-refractivity contribution >= 4 is 11.9 Å². The topological polar surface area (TPSA) is 63.6 Å². The van der Waals surface area contributed by atoms with Gasteiger partial charge in [0.1, 0.15) is 0 Å². The van der Waals surface area contributed by atoms with E-state index in [0.717, 1.165) is 0 Å². The number of esters is 1. The van der Waals surface area contributed by atoms with Crippen LogP contribution in [0.5, 0.6) is 0 Å². The number of rotatable bonds is 5. The standard InChI is InChI=1S/C9H14O4/c1-6(2)13-8(10)5-4-7(3)9(11)12/h6H,3-5H2,1-2H3,(H,11,12). The van der Waals surface area contributed by atoms with Gasteiger partial charge in [0.2, 0.25) is 0 Å². The molecule has 74 valence electrons. The SMILES string of the molecule is C=C(CCC(=O)OC(C)C)C(=O)O. The summed E-state index contributed by atoms with van der Waals surface area (Å²) < 4.78 is 4.81. The van der Waals surface area contributed by atoms with Crippen LogP contribution < -0.4 is 0 Å². The van der Waals surface area contributed by atoms with Gasteiger partial charge in [0.05, 0.1) is 6.10 Å². The molecule has 0 aromatic rings. The highest BCUT2D eigenvalue weighted by Crippen LogP contribution is 2.04. The van der Waals surface area contributed by atoms with Crippen LogP contribution in [0.3, 0.4) is 0 Å². The first-order chi connectivity index (χ1) is 5.93. The summed E-state index contributed by atoms with van der Waals surface area (Å²) in [4.78, 5) is 21.2. The van der Waals surface area contributed by atoms with Gasteiger partial charge in [-0.05, 0) is 20.3 Å². The predicted octanol–water partition coefficient (Wildman–Crippen LogP) is 1.36. The van der Waals surface area contributed by atoms with Crippen molar-refractivity contribution in [2.45, 2.75) is 32.8 Å². The third kappa shape index (κ3) is 5.90. The van der Waals surface area contributed by atoms with E-state index in [2.05, 4.69) is 6.58 Å². The number of aliphatic carboxylic acids is 1. The van der Waals surface area contributed by atoms with Gasteiger partial charge in [0, 0.05) is 12.0 Å². The molecule has 0 aromatic carbocycles. The molecule has 13 heavy (non-hydrogen) atoms. The smallest absolute Gasteiger partial charge is 0.330 e. The molecular formula is C9H14O4. The van der Waals surface area contributed by atoms with E-state index in [4.69, 9.17) is 9.84 Å². The van der Waals surface area contributed by atoms with Gasteiger partial charge in [-0.2, -0.15) is 0 Å². The Hall–Kier alpha value is -1.32. The minimum absolute atomic E-state index is 0.0284. The molecule has 0 unspecified atom stereocenters. The summed E-state index contributed by atoms with van der Waals surface area (Å²) in [6, 6.07) is 0. The van der Waals surface area contributed by atoms with Crippen LogP contribution in [0.15, 0.2) is 12.2 Å². The molecule has 0 aliphatic rings. The van der Waals surface area contributed by atoms with Gasteiger partial charge in [-0.15, -0.1) is 0 Å². The van der Waals surface area contributed by atoms with E-state index >= 15 is 0 Å². The van der Waals surface area contributed by atoms with Crippen LogP contribution in [0.1, 0.15) is 26.7 Å². The average Bonchev–Trinajstić information content (AvgIpc) is 1.98. The lowest BCUT2D eigenvalue weighted by Gasteiger charge is -2.07. The average molecular weight is 186 g/mol. The fraction of sp³-hybridized carbons (Fsp3) is 0.556. The van der Waals surface area contributed by atoms with Crippen LogP contribution >= 0.6 is 0 Å². The minimum Gasteiger partial charge on any atom is -0.478 e. The molecule has 0 spiro atoms. The number of hydrogen-bond donors (Lipinski definition) is 1. The second-order valence-corrected chi connectivity index (χ2v) is 2.95. The molecule has 0 atom stereocenters. The van der Waals surface area contributed by atoms with Crippen LogP contribution in [0.25, 0.3) is 0 Å². The van der Waals surface area contributed by atoms with Crippen LogP contribution in [0, 0.1) is 0 Å². The summed E-state index contributed by atoms with van der Waals surface area (Å²) in [6.45, 7) is 6.78. The third-order valence-electron chi connectivity index (χ3n) is 1.30. The molecule has 0 fully saturated rings. The lowest BCUT2D eigenvalue weighted by molar-refractivity contribution is -0.147. The maximum Gasteiger partial charge on any atom is 0.330 e. The second kappa shape index (κ2) is 5.35. The molecule has 0 rings (SSSR count). The first kappa shape index (κ1) is 11.7. The largest absolute Gasteiger partial charge is 0.478 e. The highest BCUT2D eigenvalue weighted by molar-refractivity contribution is 5.86. The minimum atomic E-state index is -1.07. The van der Waals surface area contributed by atoms with Crippen molar-refractivity contribution in [3.05, 3.63) is 12.2 Å². The third-order valence-corrected chi connectivity index (χ3v) is 1.30. The van der Waals surface area contributed by atoms with E-state index in [-0.39, 0.29) is 24.5 Å². The number of carbonyl (C=O) groups is 2. The maximum absolute atomic E-state index is 10.9. The van der Waals surface area contributed by atoms with Gasteiger partial charge in [-0.25, -0.2) is 4.79 Å². The molecule has 4 nitrogen and oxygen atoms in total. The van der Waals surface area contributed by atoms with Gasteiger partial charge in [0.15, 0.2) is 0 Å². The normalized spacial score (nSPS) is 9.77. The van der Waals surface area contributed by atoms with E-state index in [1.165, 1.54) is 0 Å².